The number of hydrogen-bond donors (Lipinski definition) is 2. The lowest BCUT2D eigenvalue weighted by atomic mass is 10.2. The first-order valence-electron chi connectivity index (χ1n) is 7.35. The van der Waals surface area contributed by atoms with Crippen molar-refractivity contribution in [1.82, 2.24) is 14.7 Å². The average molecular weight is 382 g/mol. The van der Waals surface area contributed by atoms with Crippen molar-refractivity contribution >= 4 is 32.4 Å². The zero-order valence-corrected chi connectivity index (χ0v) is 14.2. The van der Waals surface area contributed by atoms with Gasteiger partial charge in [-0.05, 0) is 43.4 Å². The number of rotatable bonds is 4. The van der Waals surface area contributed by atoms with Gasteiger partial charge < -0.3 is 5.32 Å². The summed E-state index contributed by atoms with van der Waals surface area (Å²) in [5.74, 6) is -1.28. The highest BCUT2D eigenvalue weighted by Crippen LogP contribution is 2.31. The zero-order valence-electron chi connectivity index (χ0n) is 13.4. The molecule has 10 heteroatoms. The van der Waals surface area contributed by atoms with Crippen LogP contribution >= 0.6 is 0 Å². The van der Waals surface area contributed by atoms with Crippen molar-refractivity contribution in [2.24, 2.45) is 0 Å². The number of benzene rings is 2. The standard InChI is InChI=1S/C16H13F3N4O2S/c1-20-26(24,25)11-8-6-10(7-9-11)21-14-12-4-2-3-5-13(12)22-15(23-14)16(17,18)19/h2-9,20H,1H3,(H,21,22,23). The number of halogens is 3. The van der Waals surface area contributed by atoms with E-state index in [0.717, 1.165) is 0 Å². The first-order chi connectivity index (χ1) is 12.2. The van der Waals surface area contributed by atoms with Gasteiger partial charge in [0.15, 0.2) is 0 Å². The van der Waals surface area contributed by atoms with Gasteiger partial charge in [-0.25, -0.2) is 23.1 Å². The van der Waals surface area contributed by atoms with Crippen molar-refractivity contribution in [3.05, 3.63) is 54.4 Å². The number of para-hydroxylation sites is 1. The van der Waals surface area contributed by atoms with Gasteiger partial charge in [-0.1, -0.05) is 12.1 Å². The second-order valence-electron chi connectivity index (χ2n) is 5.27. The number of hydrogen-bond acceptors (Lipinski definition) is 5. The molecule has 0 unspecified atom stereocenters. The Bertz CT molecular complexity index is 1050. The lowest BCUT2D eigenvalue weighted by Gasteiger charge is -2.12. The van der Waals surface area contributed by atoms with Crippen LogP contribution in [0.3, 0.4) is 0 Å². The predicted octanol–water partition coefficient (Wildman–Crippen LogP) is 3.30. The molecule has 0 fully saturated rings. The molecule has 1 heterocycles. The lowest BCUT2D eigenvalue weighted by molar-refractivity contribution is -0.144. The van der Waals surface area contributed by atoms with Gasteiger partial charge in [0.05, 0.1) is 10.4 Å². The first-order valence-corrected chi connectivity index (χ1v) is 8.83. The summed E-state index contributed by atoms with van der Waals surface area (Å²) in [5.41, 5.74) is 0.531. The molecule has 0 saturated heterocycles. The highest BCUT2D eigenvalue weighted by Gasteiger charge is 2.35. The number of anilines is 2. The fourth-order valence-electron chi connectivity index (χ4n) is 2.27. The molecule has 0 aliphatic carbocycles. The summed E-state index contributed by atoms with van der Waals surface area (Å²) in [7, 11) is -2.32. The minimum atomic E-state index is -4.69. The van der Waals surface area contributed by atoms with Gasteiger partial charge in [-0.3, -0.25) is 0 Å². The summed E-state index contributed by atoms with van der Waals surface area (Å²) < 4.78 is 64.7. The van der Waals surface area contributed by atoms with Crippen molar-refractivity contribution in [2.75, 3.05) is 12.4 Å². The third kappa shape index (κ3) is 3.60. The summed E-state index contributed by atoms with van der Waals surface area (Å²) in [6.45, 7) is 0. The molecule has 3 aromatic rings. The number of alkyl halides is 3. The minimum absolute atomic E-state index is 0.0212. The Morgan fingerprint density at radius 2 is 1.62 bits per heavy atom. The summed E-state index contributed by atoms with van der Waals surface area (Å²) in [6.07, 6.45) is -4.69. The molecule has 0 aliphatic rings. The topological polar surface area (TPSA) is 84.0 Å². The fourth-order valence-corrected chi connectivity index (χ4v) is 3.00. The van der Waals surface area contributed by atoms with Crippen molar-refractivity contribution in [1.29, 1.82) is 0 Å². The van der Waals surface area contributed by atoms with E-state index in [0.29, 0.717) is 11.1 Å². The van der Waals surface area contributed by atoms with Gasteiger partial charge in [-0.2, -0.15) is 13.2 Å². The van der Waals surface area contributed by atoms with E-state index in [2.05, 4.69) is 20.0 Å². The molecule has 6 nitrogen and oxygen atoms in total. The molecule has 26 heavy (non-hydrogen) atoms. The van der Waals surface area contributed by atoms with Crippen molar-refractivity contribution in [3.8, 4) is 0 Å². The summed E-state index contributed by atoms with van der Waals surface area (Å²) >= 11 is 0. The molecule has 0 saturated carbocycles. The monoisotopic (exact) mass is 382 g/mol. The van der Waals surface area contributed by atoms with Crippen LogP contribution in [0.15, 0.2) is 53.4 Å². The van der Waals surface area contributed by atoms with Gasteiger partial charge in [-0.15, -0.1) is 0 Å². The highest BCUT2D eigenvalue weighted by molar-refractivity contribution is 7.89. The average Bonchev–Trinajstić information content (AvgIpc) is 2.61. The van der Waals surface area contributed by atoms with Crippen LogP contribution in [0, 0.1) is 0 Å². The predicted molar refractivity (Wildman–Crippen MR) is 90.5 cm³/mol. The zero-order chi connectivity index (χ0) is 18.9. The van der Waals surface area contributed by atoms with Crippen LogP contribution < -0.4 is 10.0 Å². The molecular formula is C16H13F3N4O2S. The Hall–Kier alpha value is -2.72. The van der Waals surface area contributed by atoms with Crippen LogP contribution in [0.5, 0.6) is 0 Å². The molecule has 136 valence electrons. The van der Waals surface area contributed by atoms with E-state index in [1.807, 2.05) is 0 Å². The van der Waals surface area contributed by atoms with E-state index >= 15 is 0 Å². The van der Waals surface area contributed by atoms with Crippen molar-refractivity contribution in [3.63, 3.8) is 0 Å². The first kappa shape index (κ1) is 18.1. The van der Waals surface area contributed by atoms with Gasteiger partial charge in [0.1, 0.15) is 5.82 Å². The van der Waals surface area contributed by atoms with Gasteiger partial charge >= 0.3 is 6.18 Å². The van der Waals surface area contributed by atoms with Crippen LogP contribution in [0.1, 0.15) is 5.82 Å². The van der Waals surface area contributed by atoms with Gasteiger partial charge in [0, 0.05) is 11.1 Å². The normalized spacial score (nSPS) is 12.3. The van der Waals surface area contributed by atoms with Crippen LogP contribution in [0.4, 0.5) is 24.7 Å². The molecule has 1 aromatic heterocycles. The van der Waals surface area contributed by atoms with Crippen molar-refractivity contribution < 1.29 is 21.6 Å². The quantitative estimate of drug-likeness (QED) is 0.723. The molecular weight excluding hydrogens is 369 g/mol. The smallest absolute Gasteiger partial charge is 0.340 e. The Kier molecular flexibility index (Phi) is 4.55. The molecule has 2 N–H and O–H groups in total. The van der Waals surface area contributed by atoms with Crippen molar-refractivity contribution in [2.45, 2.75) is 11.1 Å². The fraction of sp³-hybridized carbons (Fsp3) is 0.125. The lowest BCUT2D eigenvalue weighted by Crippen LogP contribution is -2.18. The third-order valence-corrected chi connectivity index (χ3v) is 4.98. The molecule has 0 aliphatic heterocycles. The summed E-state index contributed by atoms with van der Waals surface area (Å²) in [4.78, 5) is 7.16. The largest absolute Gasteiger partial charge is 0.451 e. The third-order valence-electron chi connectivity index (χ3n) is 3.55. The van der Waals surface area contributed by atoms with Crippen LogP contribution in [0.2, 0.25) is 0 Å². The van der Waals surface area contributed by atoms with Gasteiger partial charge in [0.2, 0.25) is 15.8 Å². The maximum atomic E-state index is 13.0. The molecule has 0 atom stereocenters. The summed E-state index contributed by atoms with van der Waals surface area (Å²) in [6, 6.07) is 11.8. The van der Waals surface area contributed by atoms with Crippen LogP contribution in [0.25, 0.3) is 10.9 Å². The number of fused-ring (bicyclic) bond motifs is 1. The van der Waals surface area contributed by atoms with Crippen LogP contribution in [-0.4, -0.2) is 25.4 Å². The van der Waals surface area contributed by atoms with E-state index in [1.165, 1.54) is 37.4 Å². The van der Waals surface area contributed by atoms with E-state index in [4.69, 9.17) is 0 Å². The van der Waals surface area contributed by atoms with E-state index in [1.54, 1.807) is 18.2 Å². The molecule has 2 aromatic carbocycles. The Morgan fingerprint density at radius 1 is 0.962 bits per heavy atom. The summed E-state index contributed by atoms with van der Waals surface area (Å²) in [5, 5.41) is 3.20. The second kappa shape index (κ2) is 6.54. The Balaban J connectivity index is 2.03. The molecule has 0 bridgehead atoms. The van der Waals surface area contributed by atoms with E-state index in [-0.39, 0.29) is 16.2 Å². The van der Waals surface area contributed by atoms with Gasteiger partial charge in [0.25, 0.3) is 0 Å². The van der Waals surface area contributed by atoms with E-state index in [9.17, 15) is 21.6 Å². The number of aromatic nitrogens is 2. The maximum Gasteiger partial charge on any atom is 0.451 e. The Morgan fingerprint density at radius 3 is 2.23 bits per heavy atom. The number of nitrogens with one attached hydrogen (secondary N) is 2. The SMILES string of the molecule is CNS(=O)(=O)c1ccc(Nc2nc(C(F)(F)F)nc3ccccc23)cc1. The maximum absolute atomic E-state index is 13.0. The molecule has 0 spiro atoms. The minimum Gasteiger partial charge on any atom is -0.340 e. The molecule has 3 rings (SSSR count). The molecule has 0 radical (unpaired) electrons. The number of nitrogens with zero attached hydrogens (tertiary/aromatic N) is 2. The number of sulfonamides is 1. The Labute approximate surface area is 147 Å². The highest BCUT2D eigenvalue weighted by atomic mass is 32.2. The van der Waals surface area contributed by atoms with Crippen LogP contribution in [-0.2, 0) is 16.2 Å². The van der Waals surface area contributed by atoms with E-state index < -0.39 is 22.0 Å². The second-order valence-corrected chi connectivity index (χ2v) is 7.15. The molecule has 0 amide bonds.